The van der Waals surface area contributed by atoms with E-state index < -0.39 is 0 Å². The number of ether oxygens (including phenoxy) is 4. The van der Waals surface area contributed by atoms with Crippen molar-refractivity contribution in [2.75, 3.05) is 14.2 Å². The lowest BCUT2D eigenvalue weighted by molar-refractivity contribution is 0.233. The number of aromatic nitrogens is 1. The molecule has 1 heterocycles. The van der Waals surface area contributed by atoms with Crippen LogP contribution in [0.2, 0.25) is 0 Å². The SMILES string of the molecule is COC(=S)C(Cc1ccc(OCc2cnc3ccc(OC)cc3c2OC(C)C)cc1)c1ccccc1. The number of thiocarbonyl (C=S) groups is 1. The van der Waals surface area contributed by atoms with Crippen LogP contribution in [0, 0.1) is 0 Å². The van der Waals surface area contributed by atoms with Crippen molar-refractivity contribution < 1.29 is 18.9 Å². The second-order valence-electron chi connectivity index (χ2n) is 8.79. The van der Waals surface area contributed by atoms with E-state index in [0.717, 1.165) is 51.3 Å². The topological polar surface area (TPSA) is 49.8 Å². The monoisotopic (exact) mass is 501 g/mol. The zero-order chi connectivity index (χ0) is 25.5. The minimum Gasteiger partial charge on any atom is -0.497 e. The largest absolute Gasteiger partial charge is 0.497 e. The van der Waals surface area contributed by atoms with Crippen LogP contribution in [0.1, 0.15) is 36.5 Å². The molecule has 5 nitrogen and oxygen atoms in total. The molecule has 0 fully saturated rings. The summed E-state index contributed by atoms with van der Waals surface area (Å²) in [4.78, 5) is 4.60. The number of methoxy groups -OCH3 is 2. The van der Waals surface area contributed by atoms with E-state index in [-0.39, 0.29) is 12.0 Å². The predicted octanol–water partition coefficient (Wildman–Crippen LogP) is 6.91. The van der Waals surface area contributed by atoms with Crippen LogP contribution in [0.15, 0.2) is 79.0 Å². The number of benzene rings is 3. The van der Waals surface area contributed by atoms with Gasteiger partial charge < -0.3 is 18.9 Å². The quantitative estimate of drug-likeness (QED) is 0.220. The van der Waals surface area contributed by atoms with Gasteiger partial charge in [0.1, 0.15) is 23.9 Å². The van der Waals surface area contributed by atoms with Gasteiger partial charge in [0.05, 0.1) is 37.3 Å². The second kappa shape index (κ2) is 11.9. The fourth-order valence-electron chi connectivity index (χ4n) is 4.08. The van der Waals surface area contributed by atoms with E-state index >= 15 is 0 Å². The van der Waals surface area contributed by atoms with Gasteiger partial charge in [-0.2, -0.15) is 0 Å². The molecule has 4 rings (SSSR count). The standard InChI is InChI=1S/C30H31NO4S/c1-20(2)35-29-23(18-31-28-15-14-25(32-3)17-27(28)29)19-34-24-12-10-21(11-13-24)16-26(30(36)33-4)22-8-6-5-7-9-22/h5-15,17-18,20,26H,16,19H2,1-4H3. The summed E-state index contributed by atoms with van der Waals surface area (Å²) in [7, 11) is 3.28. The molecule has 186 valence electrons. The van der Waals surface area contributed by atoms with E-state index in [1.807, 2.05) is 68.6 Å². The average molecular weight is 502 g/mol. The lowest BCUT2D eigenvalue weighted by Gasteiger charge is -2.18. The van der Waals surface area contributed by atoms with Crippen molar-refractivity contribution in [3.63, 3.8) is 0 Å². The molecule has 0 bridgehead atoms. The van der Waals surface area contributed by atoms with E-state index in [4.69, 9.17) is 31.2 Å². The van der Waals surface area contributed by atoms with Gasteiger partial charge in [0.15, 0.2) is 5.05 Å². The summed E-state index contributed by atoms with van der Waals surface area (Å²) in [5.41, 5.74) is 4.02. The van der Waals surface area contributed by atoms with E-state index in [1.165, 1.54) is 0 Å². The first-order valence-corrected chi connectivity index (χ1v) is 12.4. The van der Waals surface area contributed by atoms with Gasteiger partial charge in [0.25, 0.3) is 0 Å². The van der Waals surface area contributed by atoms with Gasteiger partial charge in [-0.3, -0.25) is 4.98 Å². The third-order valence-corrected chi connectivity index (χ3v) is 6.35. The molecule has 36 heavy (non-hydrogen) atoms. The molecule has 1 unspecified atom stereocenters. The Kier molecular flexibility index (Phi) is 8.39. The van der Waals surface area contributed by atoms with Crippen molar-refractivity contribution in [2.24, 2.45) is 0 Å². The van der Waals surface area contributed by atoms with Gasteiger partial charge in [-0.15, -0.1) is 0 Å². The Balaban J connectivity index is 1.51. The van der Waals surface area contributed by atoms with Crippen LogP contribution in [0.4, 0.5) is 0 Å². The number of pyridine rings is 1. The molecular weight excluding hydrogens is 470 g/mol. The maximum atomic E-state index is 6.18. The zero-order valence-corrected chi connectivity index (χ0v) is 21.9. The molecule has 0 radical (unpaired) electrons. The Labute approximate surface area is 218 Å². The number of hydrogen-bond acceptors (Lipinski definition) is 6. The Morgan fingerprint density at radius 2 is 1.64 bits per heavy atom. The summed E-state index contributed by atoms with van der Waals surface area (Å²) < 4.78 is 23.1. The van der Waals surface area contributed by atoms with E-state index in [0.29, 0.717) is 11.7 Å². The molecule has 0 aliphatic heterocycles. The smallest absolute Gasteiger partial charge is 0.167 e. The molecule has 0 aliphatic carbocycles. The third kappa shape index (κ3) is 6.13. The molecule has 3 aromatic carbocycles. The second-order valence-corrected chi connectivity index (χ2v) is 9.19. The van der Waals surface area contributed by atoms with Crippen LogP contribution in [-0.4, -0.2) is 30.4 Å². The number of fused-ring (bicyclic) bond motifs is 1. The Morgan fingerprint density at radius 3 is 2.31 bits per heavy atom. The fraction of sp³-hybridized carbons (Fsp3) is 0.267. The summed E-state index contributed by atoms with van der Waals surface area (Å²) in [6.45, 7) is 4.35. The van der Waals surface area contributed by atoms with Gasteiger partial charge in [-0.25, -0.2) is 0 Å². The Bertz CT molecular complexity index is 1310. The van der Waals surface area contributed by atoms with Gasteiger partial charge in [-0.1, -0.05) is 42.5 Å². The van der Waals surface area contributed by atoms with Crippen molar-refractivity contribution >= 4 is 28.2 Å². The summed E-state index contributed by atoms with van der Waals surface area (Å²) in [6.07, 6.45) is 2.58. The molecule has 0 spiro atoms. The normalized spacial score (nSPS) is 11.8. The van der Waals surface area contributed by atoms with Gasteiger partial charge in [0, 0.05) is 11.6 Å². The maximum Gasteiger partial charge on any atom is 0.167 e. The highest BCUT2D eigenvalue weighted by molar-refractivity contribution is 7.80. The summed E-state index contributed by atoms with van der Waals surface area (Å²) in [5.74, 6) is 2.30. The molecule has 4 aromatic rings. The van der Waals surface area contributed by atoms with E-state index in [9.17, 15) is 0 Å². The van der Waals surface area contributed by atoms with Gasteiger partial charge in [-0.05, 0) is 73.9 Å². The molecule has 0 N–H and O–H groups in total. The first kappa shape index (κ1) is 25.5. The highest BCUT2D eigenvalue weighted by Crippen LogP contribution is 2.33. The first-order chi connectivity index (χ1) is 17.5. The van der Waals surface area contributed by atoms with Gasteiger partial charge in [0.2, 0.25) is 0 Å². The fourth-order valence-corrected chi connectivity index (χ4v) is 4.30. The lowest BCUT2D eigenvalue weighted by atomic mass is 9.92. The molecular formula is C30H31NO4S. The molecule has 0 amide bonds. The molecule has 1 atom stereocenters. The summed E-state index contributed by atoms with van der Waals surface area (Å²) >= 11 is 5.50. The molecule has 0 saturated carbocycles. The van der Waals surface area contributed by atoms with Crippen molar-refractivity contribution in [2.45, 2.75) is 38.9 Å². The van der Waals surface area contributed by atoms with Crippen LogP contribution >= 0.6 is 12.2 Å². The predicted molar refractivity (Wildman–Crippen MR) is 147 cm³/mol. The van der Waals surface area contributed by atoms with E-state index in [1.54, 1.807) is 14.2 Å². The highest BCUT2D eigenvalue weighted by atomic mass is 32.1. The van der Waals surface area contributed by atoms with Crippen LogP contribution in [0.3, 0.4) is 0 Å². The highest BCUT2D eigenvalue weighted by Gasteiger charge is 2.18. The minimum absolute atomic E-state index is 0.00868. The van der Waals surface area contributed by atoms with Gasteiger partial charge >= 0.3 is 0 Å². The zero-order valence-electron chi connectivity index (χ0n) is 21.1. The number of rotatable bonds is 10. The molecule has 0 saturated heterocycles. The third-order valence-electron chi connectivity index (χ3n) is 5.90. The van der Waals surface area contributed by atoms with Crippen LogP contribution in [0.5, 0.6) is 17.2 Å². The van der Waals surface area contributed by atoms with Crippen molar-refractivity contribution in [1.82, 2.24) is 4.98 Å². The summed E-state index contributed by atoms with van der Waals surface area (Å²) in [5, 5.41) is 1.49. The first-order valence-electron chi connectivity index (χ1n) is 11.9. The summed E-state index contributed by atoms with van der Waals surface area (Å²) in [6, 6.07) is 24.1. The molecule has 6 heteroatoms. The Morgan fingerprint density at radius 1 is 0.917 bits per heavy atom. The van der Waals surface area contributed by atoms with Crippen LogP contribution in [-0.2, 0) is 17.8 Å². The number of nitrogens with zero attached hydrogens (tertiary/aromatic N) is 1. The Hall–Kier alpha value is -3.64. The molecule has 1 aromatic heterocycles. The minimum atomic E-state index is 0.00868. The van der Waals surface area contributed by atoms with E-state index in [2.05, 4.69) is 29.2 Å². The number of hydrogen-bond donors (Lipinski definition) is 0. The van der Waals surface area contributed by atoms with Crippen molar-refractivity contribution in [1.29, 1.82) is 0 Å². The van der Waals surface area contributed by atoms with Crippen molar-refractivity contribution in [3.05, 3.63) is 95.7 Å². The molecule has 0 aliphatic rings. The van der Waals surface area contributed by atoms with Crippen LogP contribution in [0.25, 0.3) is 10.9 Å². The average Bonchev–Trinajstić information content (AvgIpc) is 2.91. The maximum absolute atomic E-state index is 6.18. The van der Waals surface area contributed by atoms with Crippen molar-refractivity contribution in [3.8, 4) is 17.2 Å². The van der Waals surface area contributed by atoms with Crippen LogP contribution < -0.4 is 14.2 Å². The lowest BCUT2D eigenvalue weighted by Crippen LogP contribution is -2.15.